The van der Waals surface area contributed by atoms with E-state index in [-0.39, 0.29) is 58.6 Å². The summed E-state index contributed by atoms with van der Waals surface area (Å²) in [5.41, 5.74) is 4.16. The van der Waals surface area contributed by atoms with Gasteiger partial charge >= 0.3 is 51.4 Å². The van der Waals surface area contributed by atoms with Crippen molar-refractivity contribution < 1.29 is 66.5 Å². The standard InChI is InChI=1S/C17H19N3O3S.K.H/c1-10-8-18-15(11(2)16(10)23-4)9-24(21)17-19-13-6-5-12(22-3)7-14(13)20-17;;/h5-8H,9H2,1-4H3,(H,19,20);;/q;+1;-1/t24-;;/m0../s1. The average molecular weight is 386 g/mol. The summed E-state index contributed by atoms with van der Waals surface area (Å²) in [6.45, 7) is 3.86. The third kappa shape index (κ3) is 4.32. The number of fused-ring (bicyclic) bond motifs is 1. The fraction of sp³-hybridized carbons (Fsp3) is 0.294. The van der Waals surface area contributed by atoms with Crippen molar-refractivity contribution >= 4 is 21.8 Å². The number of H-pyrrole nitrogens is 1. The normalized spacial score (nSPS) is 11.8. The van der Waals surface area contributed by atoms with Gasteiger partial charge in [-0.3, -0.25) is 9.19 Å². The molecule has 6 nitrogen and oxygen atoms in total. The number of methoxy groups -OCH3 is 2. The number of nitrogens with one attached hydrogen (secondary N) is 1. The molecule has 0 spiro atoms. The second kappa shape index (κ2) is 8.74. The molecule has 0 unspecified atom stereocenters. The number of hydrogen-bond donors (Lipinski definition) is 1. The molecule has 2 heterocycles. The molecule has 0 aliphatic heterocycles. The van der Waals surface area contributed by atoms with Gasteiger partial charge in [-0.05, 0) is 26.0 Å². The third-order valence-corrected chi connectivity index (χ3v) is 5.06. The molecule has 2 aromatic heterocycles. The molecule has 1 atom stereocenters. The molecule has 0 amide bonds. The first kappa shape index (κ1) is 20.5. The molecular weight excluding hydrogens is 365 g/mol. The summed E-state index contributed by atoms with van der Waals surface area (Å²) in [6, 6.07) is 5.50. The number of nitrogens with zero attached hydrogens (tertiary/aromatic N) is 2. The first-order valence-corrected chi connectivity index (χ1v) is 8.76. The SMILES string of the molecule is COc1ccc2nc([S@@](=O)Cc3ncc(C)c(OC)c3C)[nH]c2c1.[H-].[K+]. The van der Waals surface area contributed by atoms with E-state index in [1.54, 1.807) is 20.4 Å². The zero-order valence-corrected chi connectivity index (χ0v) is 19.0. The average Bonchev–Trinajstić information content (AvgIpc) is 3.01. The van der Waals surface area contributed by atoms with E-state index < -0.39 is 10.8 Å². The largest absolute Gasteiger partial charge is 1.00 e. The third-order valence-electron chi connectivity index (χ3n) is 3.90. The topological polar surface area (TPSA) is 77.1 Å². The van der Waals surface area contributed by atoms with Crippen LogP contribution in [-0.4, -0.2) is 33.4 Å². The van der Waals surface area contributed by atoms with Gasteiger partial charge < -0.3 is 15.9 Å². The Balaban J connectivity index is 0.00000169. The Labute approximate surface area is 193 Å². The van der Waals surface area contributed by atoms with E-state index in [0.29, 0.717) is 5.16 Å². The Morgan fingerprint density at radius 1 is 1.24 bits per heavy atom. The number of aryl methyl sites for hydroxylation is 1. The summed E-state index contributed by atoms with van der Waals surface area (Å²) < 4.78 is 23.3. The minimum atomic E-state index is -1.33. The number of hydrogen-bond acceptors (Lipinski definition) is 5. The van der Waals surface area contributed by atoms with Gasteiger partial charge in [0.15, 0.2) is 5.16 Å². The minimum absolute atomic E-state index is 0. The number of ether oxygens (including phenoxy) is 2. The molecule has 3 rings (SSSR count). The zero-order valence-electron chi connectivity index (χ0n) is 16.0. The first-order chi connectivity index (χ1) is 11.5. The molecule has 1 N–H and O–H groups in total. The van der Waals surface area contributed by atoms with Crippen molar-refractivity contribution in [3.05, 3.63) is 41.2 Å². The van der Waals surface area contributed by atoms with E-state index in [0.717, 1.165) is 39.4 Å². The van der Waals surface area contributed by atoms with Crippen molar-refractivity contribution in [3.63, 3.8) is 0 Å². The van der Waals surface area contributed by atoms with Crippen molar-refractivity contribution in [2.45, 2.75) is 24.8 Å². The summed E-state index contributed by atoms with van der Waals surface area (Å²) in [6.07, 6.45) is 1.74. The Bertz CT molecular complexity index is 933. The van der Waals surface area contributed by atoms with Gasteiger partial charge in [-0.2, -0.15) is 0 Å². The number of imidazole rings is 1. The Morgan fingerprint density at radius 2 is 2.00 bits per heavy atom. The second-order valence-corrected chi connectivity index (χ2v) is 6.83. The van der Waals surface area contributed by atoms with Gasteiger partial charge in [-0.15, -0.1) is 0 Å². The van der Waals surface area contributed by atoms with Gasteiger partial charge in [0.1, 0.15) is 11.5 Å². The number of rotatable bonds is 5. The molecule has 0 saturated carbocycles. The van der Waals surface area contributed by atoms with E-state index in [1.807, 2.05) is 32.0 Å². The molecule has 0 fully saturated rings. The second-order valence-electron chi connectivity index (χ2n) is 5.46. The summed E-state index contributed by atoms with van der Waals surface area (Å²) in [7, 11) is 1.91. The van der Waals surface area contributed by atoms with E-state index in [2.05, 4.69) is 15.0 Å². The van der Waals surface area contributed by atoms with Crippen LogP contribution in [-0.2, 0) is 16.6 Å². The van der Waals surface area contributed by atoms with Gasteiger partial charge in [-0.25, -0.2) is 4.98 Å². The van der Waals surface area contributed by atoms with Crippen LogP contribution < -0.4 is 60.9 Å². The molecule has 25 heavy (non-hydrogen) atoms. The molecule has 0 radical (unpaired) electrons. The van der Waals surface area contributed by atoms with Gasteiger partial charge in [0.25, 0.3) is 0 Å². The smallest absolute Gasteiger partial charge is 1.00 e. The molecular formula is C17H20KN3O3S. The van der Waals surface area contributed by atoms with Crippen LogP contribution in [0.5, 0.6) is 11.5 Å². The maximum Gasteiger partial charge on any atom is 1.00 e. The van der Waals surface area contributed by atoms with Crippen LogP contribution in [0, 0.1) is 13.8 Å². The fourth-order valence-corrected chi connectivity index (χ4v) is 3.71. The molecule has 1 aromatic carbocycles. The van der Waals surface area contributed by atoms with Crippen LogP contribution in [0.1, 0.15) is 18.2 Å². The van der Waals surface area contributed by atoms with Gasteiger partial charge in [0.2, 0.25) is 0 Å². The van der Waals surface area contributed by atoms with Gasteiger partial charge in [0.05, 0.1) is 47.5 Å². The molecule has 8 heteroatoms. The van der Waals surface area contributed by atoms with Crippen molar-refractivity contribution in [2.75, 3.05) is 14.2 Å². The maximum atomic E-state index is 12.7. The van der Waals surface area contributed by atoms with Crippen LogP contribution in [0.4, 0.5) is 0 Å². The zero-order chi connectivity index (χ0) is 17.3. The first-order valence-electron chi connectivity index (χ1n) is 7.44. The van der Waals surface area contributed by atoms with Gasteiger partial charge in [-0.1, -0.05) is 0 Å². The number of pyridine rings is 1. The predicted octanol–water partition coefficient (Wildman–Crippen LogP) is 0.0162. The summed E-state index contributed by atoms with van der Waals surface area (Å²) in [5.74, 6) is 1.79. The van der Waals surface area contributed by atoms with Crippen molar-refractivity contribution in [3.8, 4) is 11.5 Å². The van der Waals surface area contributed by atoms with Crippen LogP contribution >= 0.6 is 0 Å². The summed E-state index contributed by atoms with van der Waals surface area (Å²) in [5, 5.41) is 0.430. The molecule has 3 aromatic rings. The van der Waals surface area contributed by atoms with Crippen LogP contribution in [0.3, 0.4) is 0 Å². The van der Waals surface area contributed by atoms with E-state index in [1.165, 1.54) is 0 Å². The monoisotopic (exact) mass is 385 g/mol. The van der Waals surface area contributed by atoms with E-state index >= 15 is 0 Å². The Kier molecular flexibility index (Phi) is 7.18. The molecule has 0 aliphatic rings. The predicted molar refractivity (Wildman–Crippen MR) is 94.1 cm³/mol. The van der Waals surface area contributed by atoms with Crippen LogP contribution in [0.25, 0.3) is 11.0 Å². The van der Waals surface area contributed by atoms with E-state index in [4.69, 9.17) is 9.47 Å². The molecule has 0 aliphatic carbocycles. The molecule has 0 bridgehead atoms. The Morgan fingerprint density at radius 3 is 2.68 bits per heavy atom. The minimum Gasteiger partial charge on any atom is -1.00 e. The van der Waals surface area contributed by atoms with E-state index in [9.17, 15) is 4.21 Å². The fourth-order valence-electron chi connectivity index (χ4n) is 2.61. The summed E-state index contributed by atoms with van der Waals surface area (Å²) in [4.78, 5) is 11.9. The number of aromatic amines is 1. The van der Waals surface area contributed by atoms with Crippen molar-refractivity contribution in [2.24, 2.45) is 0 Å². The van der Waals surface area contributed by atoms with Crippen LogP contribution in [0.15, 0.2) is 29.6 Å². The summed E-state index contributed by atoms with van der Waals surface area (Å²) >= 11 is 0. The Hall–Kier alpha value is -0.774. The number of benzene rings is 1. The van der Waals surface area contributed by atoms with Crippen molar-refractivity contribution in [1.82, 2.24) is 15.0 Å². The number of aromatic nitrogens is 3. The van der Waals surface area contributed by atoms with Gasteiger partial charge in [0, 0.05) is 23.4 Å². The quantitative estimate of drug-likeness (QED) is 0.627. The van der Waals surface area contributed by atoms with Crippen LogP contribution in [0.2, 0.25) is 0 Å². The van der Waals surface area contributed by atoms with Crippen molar-refractivity contribution in [1.29, 1.82) is 0 Å². The molecule has 128 valence electrons. The maximum absolute atomic E-state index is 12.7. The molecule has 0 saturated heterocycles.